The van der Waals surface area contributed by atoms with Gasteiger partial charge in [-0.15, -0.1) is 0 Å². The molecule has 1 aromatic heterocycles. The third kappa shape index (κ3) is 5.72. The molecule has 0 aliphatic carbocycles. The van der Waals surface area contributed by atoms with Crippen LogP contribution in [0.15, 0.2) is 54.7 Å². The fourth-order valence-corrected chi connectivity index (χ4v) is 5.04. The Hall–Kier alpha value is -3.59. The van der Waals surface area contributed by atoms with Crippen molar-refractivity contribution in [2.75, 3.05) is 13.6 Å². The standard InChI is InChI=1S/C28H34FN3O5/c1-17(21-14-30-22-13-19(29)11-12-20(21)22)24-25(23(33)15-32(24)27(35)37-28(2,3)4)31(5)26(34)36-16-18-9-7-6-8-10-18/h6-14,17,23-25,30,33H,15-16H2,1-5H3. The second kappa shape index (κ2) is 10.4. The van der Waals surface area contributed by atoms with Crippen molar-refractivity contribution in [1.82, 2.24) is 14.8 Å². The predicted octanol–water partition coefficient (Wildman–Crippen LogP) is 5.03. The summed E-state index contributed by atoms with van der Waals surface area (Å²) in [6.45, 7) is 7.30. The lowest BCUT2D eigenvalue weighted by Gasteiger charge is -2.37. The van der Waals surface area contributed by atoms with Gasteiger partial charge in [0.25, 0.3) is 0 Å². The Kier molecular flexibility index (Phi) is 7.45. The van der Waals surface area contributed by atoms with Crippen LogP contribution in [0.5, 0.6) is 0 Å². The summed E-state index contributed by atoms with van der Waals surface area (Å²) < 4.78 is 25.0. The predicted molar refractivity (Wildman–Crippen MR) is 138 cm³/mol. The molecule has 1 saturated heterocycles. The first kappa shape index (κ1) is 26.5. The topological polar surface area (TPSA) is 95.1 Å². The van der Waals surface area contributed by atoms with Gasteiger partial charge in [-0.2, -0.15) is 0 Å². The third-order valence-corrected chi connectivity index (χ3v) is 6.73. The van der Waals surface area contributed by atoms with Gasteiger partial charge in [-0.3, -0.25) is 4.90 Å². The van der Waals surface area contributed by atoms with E-state index >= 15 is 0 Å². The number of aliphatic hydroxyl groups excluding tert-OH is 1. The Morgan fingerprint density at radius 3 is 2.59 bits per heavy atom. The maximum atomic E-state index is 13.8. The van der Waals surface area contributed by atoms with Crippen LogP contribution in [0, 0.1) is 5.82 Å². The van der Waals surface area contributed by atoms with E-state index in [1.165, 1.54) is 21.9 Å². The molecule has 1 aliphatic rings. The summed E-state index contributed by atoms with van der Waals surface area (Å²) in [4.78, 5) is 32.2. The molecule has 0 bridgehead atoms. The Morgan fingerprint density at radius 1 is 1.22 bits per heavy atom. The number of aromatic nitrogens is 1. The zero-order valence-corrected chi connectivity index (χ0v) is 21.8. The normalized spacial score (nSPS) is 20.6. The van der Waals surface area contributed by atoms with E-state index in [0.29, 0.717) is 5.52 Å². The van der Waals surface area contributed by atoms with Crippen molar-refractivity contribution in [3.8, 4) is 0 Å². The summed E-state index contributed by atoms with van der Waals surface area (Å²) >= 11 is 0. The van der Waals surface area contributed by atoms with Crippen molar-refractivity contribution in [1.29, 1.82) is 0 Å². The Morgan fingerprint density at radius 2 is 1.92 bits per heavy atom. The van der Waals surface area contributed by atoms with E-state index in [9.17, 15) is 19.1 Å². The van der Waals surface area contributed by atoms with Gasteiger partial charge in [-0.1, -0.05) is 37.3 Å². The van der Waals surface area contributed by atoms with Gasteiger partial charge in [0.15, 0.2) is 0 Å². The summed E-state index contributed by atoms with van der Waals surface area (Å²) in [5.74, 6) is -0.711. The fourth-order valence-electron chi connectivity index (χ4n) is 5.04. The lowest BCUT2D eigenvalue weighted by atomic mass is 9.87. The van der Waals surface area contributed by atoms with E-state index < -0.39 is 36.0 Å². The number of nitrogens with one attached hydrogen (secondary N) is 1. The van der Waals surface area contributed by atoms with Gasteiger partial charge in [0, 0.05) is 30.1 Å². The van der Waals surface area contributed by atoms with Crippen LogP contribution < -0.4 is 0 Å². The summed E-state index contributed by atoms with van der Waals surface area (Å²) in [5, 5.41) is 11.9. The number of aromatic amines is 1. The molecular weight excluding hydrogens is 477 g/mol. The van der Waals surface area contributed by atoms with E-state index in [1.54, 1.807) is 40.1 Å². The van der Waals surface area contributed by atoms with Crippen molar-refractivity contribution in [2.45, 2.75) is 64.0 Å². The van der Waals surface area contributed by atoms with Gasteiger partial charge >= 0.3 is 12.2 Å². The smallest absolute Gasteiger partial charge is 0.410 e. The van der Waals surface area contributed by atoms with E-state index in [-0.39, 0.29) is 24.9 Å². The molecule has 198 valence electrons. The lowest BCUT2D eigenvalue weighted by molar-refractivity contribution is 0.0158. The number of H-pyrrole nitrogens is 1. The van der Waals surface area contributed by atoms with Crippen LogP contribution in [0.4, 0.5) is 14.0 Å². The quantitative estimate of drug-likeness (QED) is 0.501. The number of fused-ring (bicyclic) bond motifs is 1. The van der Waals surface area contributed by atoms with Crippen LogP contribution in [0.25, 0.3) is 10.9 Å². The number of carbonyl (C=O) groups excluding carboxylic acids is 2. The van der Waals surface area contributed by atoms with Crippen LogP contribution >= 0.6 is 0 Å². The SMILES string of the molecule is CC(c1c[nH]c2cc(F)ccc12)C1C(N(C)C(=O)OCc2ccccc2)C(O)CN1C(=O)OC(C)(C)C. The molecule has 0 radical (unpaired) electrons. The second-order valence-electron chi connectivity index (χ2n) is 10.6. The number of aliphatic hydroxyl groups is 1. The zero-order chi connectivity index (χ0) is 26.9. The van der Waals surface area contributed by atoms with Crippen molar-refractivity contribution in [3.05, 3.63) is 71.7 Å². The zero-order valence-electron chi connectivity index (χ0n) is 21.8. The van der Waals surface area contributed by atoms with Gasteiger partial charge in [-0.05, 0) is 50.1 Å². The first-order chi connectivity index (χ1) is 17.5. The summed E-state index contributed by atoms with van der Waals surface area (Å²) in [7, 11) is 1.56. The van der Waals surface area contributed by atoms with Crippen molar-refractivity contribution in [2.24, 2.45) is 0 Å². The van der Waals surface area contributed by atoms with Gasteiger partial charge in [0.05, 0.1) is 24.7 Å². The molecule has 3 aromatic rings. The van der Waals surface area contributed by atoms with E-state index in [1.807, 2.05) is 37.3 Å². The Labute approximate surface area is 216 Å². The third-order valence-electron chi connectivity index (χ3n) is 6.73. The number of ether oxygens (including phenoxy) is 2. The number of likely N-dealkylation sites (N-methyl/N-ethyl adjacent to an activating group) is 1. The maximum Gasteiger partial charge on any atom is 0.410 e. The fraction of sp³-hybridized carbons (Fsp3) is 0.429. The summed E-state index contributed by atoms with van der Waals surface area (Å²) in [6, 6.07) is 12.4. The highest BCUT2D eigenvalue weighted by molar-refractivity contribution is 5.84. The second-order valence-corrected chi connectivity index (χ2v) is 10.6. The monoisotopic (exact) mass is 511 g/mol. The molecule has 1 fully saturated rings. The molecule has 37 heavy (non-hydrogen) atoms. The molecule has 2 amide bonds. The number of likely N-dealkylation sites (tertiary alicyclic amines) is 1. The molecule has 2 aromatic carbocycles. The highest BCUT2D eigenvalue weighted by Crippen LogP contribution is 2.38. The Bertz CT molecular complexity index is 1260. The average molecular weight is 512 g/mol. The minimum absolute atomic E-state index is 0.0120. The minimum Gasteiger partial charge on any atom is -0.445 e. The molecule has 4 rings (SSSR count). The summed E-state index contributed by atoms with van der Waals surface area (Å²) in [6.07, 6.45) is -0.450. The average Bonchev–Trinajstić information content (AvgIpc) is 3.41. The van der Waals surface area contributed by atoms with Gasteiger partial charge in [0.1, 0.15) is 18.0 Å². The van der Waals surface area contributed by atoms with Gasteiger partial charge in [0.2, 0.25) is 0 Å². The number of rotatable bonds is 5. The van der Waals surface area contributed by atoms with Gasteiger partial charge in [-0.25, -0.2) is 14.0 Å². The number of amides is 2. The van der Waals surface area contributed by atoms with Crippen molar-refractivity contribution >= 4 is 23.1 Å². The number of nitrogens with zero attached hydrogens (tertiary/aromatic N) is 2. The molecule has 2 N–H and O–H groups in total. The van der Waals surface area contributed by atoms with E-state index in [2.05, 4.69) is 4.98 Å². The maximum absolute atomic E-state index is 13.8. The molecule has 2 heterocycles. The lowest BCUT2D eigenvalue weighted by Crippen LogP contribution is -2.52. The van der Waals surface area contributed by atoms with Crippen LogP contribution in [-0.2, 0) is 16.1 Å². The van der Waals surface area contributed by atoms with Crippen LogP contribution in [0.2, 0.25) is 0 Å². The van der Waals surface area contributed by atoms with E-state index in [0.717, 1.165) is 16.5 Å². The molecule has 9 heteroatoms. The number of hydrogen-bond donors (Lipinski definition) is 2. The van der Waals surface area contributed by atoms with Gasteiger partial charge < -0.3 is 24.5 Å². The van der Waals surface area contributed by atoms with E-state index in [4.69, 9.17) is 9.47 Å². The van der Waals surface area contributed by atoms with Crippen LogP contribution in [0.3, 0.4) is 0 Å². The first-order valence-corrected chi connectivity index (χ1v) is 12.3. The molecule has 8 nitrogen and oxygen atoms in total. The summed E-state index contributed by atoms with van der Waals surface area (Å²) in [5.41, 5.74) is 1.55. The molecule has 4 unspecified atom stereocenters. The molecular formula is C28H34FN3O5. The van der Waals surface area contributed by atoms with Crippen molar-refractivity contribution in [3.63, 3.8) is 0 Å². The first-order valence-electron chi connectivity index (χ1n) is 12.3. The highest BCUT2D eigenvalue weighted by atomic mass is 19.1. The number of carbonyl (C=O) groups is 2. The molecule has 0 spiro atoms. The van der Waals surface area contributed by atoms with Crippen LogP contribution in [0.1, 0.15) is 44.7 Å². The van der Waals surface area contributed by atoms with Crippen molar-refractivity contribution < 1.29 is 28.6 Å². The highest BCUT2D eigenvalue weighted by Gasteiger charge is 2.50. The molecule has 0 saturated carbocycles. The molecule has 1 aliphatic heterocycles. The Balaban J connectivity index is 1.65. The van der Waals surface area contributed by atoms with Crippen LogP contribution in [-0.4, -0.2) is 69.5 Å². The molecule has 4 atom stereocenters. The number of hydrogen-bond acceptors (Lipinski definition) is 5. The number of β-amino-alcohol motifs (C(OH)–C–C–N with tert-alkyl or cyclic N) is 1. The largest absolute Gasteiger partial charge is 0.445 e. The number of halogens is 1. The number of benzene rings is 2. The minimum atomic E-state index is -1.03.